The lowest BCUT2D eigenvalue weighted by atomic mass is 10.2. The van der Waals surface area contributed by atoms with Crippen LogP contribution in [0.5, 0.6) is 0 Å². The number of hydrogen-bond donors (Lipinski definition) is 2. The third-order valence-corrected chi connectivity index (χ3v) is 3.08. The van der Waals surface area contributed by atoms with Crippen LogP contribution in [0.1, 0.15) is 23.0 Å². The highest BCUT2D eigenvalue weighted by Gasteiger charge is 2.19. The molecule has 1 rings (SSSR count). The summed E-state index contributed by atoms with van der Waals surface area (Å²) in [6, 6.07) is 0.661. The number of carboxylic acids is 1. The van der Waals surface area contributed by atoms with Crippen LogP contribution in [-0.2, 0) is 4.79 Å². The van der Waals surface area contributed by atoms with E-state index in [1.165, 1.54) is 17.4 Å². The number of halogens is 1. The van der Waals surface area contributed by atoms with Gasteiger partial charge in [0, 0.05) is 5.38 Å². The second-order valence-electron chi connectivity index (χ2n) is 2.90. The number of thiophene rings is 1. The molecular weight excluding hydrogens is 238 g/mol. The fraction of sp³-hybridized carbons (Fsp3) is 0.333. The fourth-order valence-corrected chi connectivity index (χ4v) is 1.98. The Morgan fingerprint density at radius 1 is 1.67 bits per heavy atom. The van der Waals surface area contributed by atoms with Crippen LogP contribution in [-0.4, -0.2) is 23.0 Å². The first-order chi connectivity index (χ1) is 7.04. The van der Waals surface area contributed by atoms with Crippen molar-refractivity contribution >= 4 is 34.8 Å². The number of hydrogen-bond acceptors (Lipinski definition) is 3. The Kier molecular flexibility index (Phi) is 4.11. The largest absolute Gasteiger partial charge is 0.480 e. The predicted octanol–water partition coefficient (Wildman–Crippen LogP) is 1.99. The second kappa shape index (κ2) is 5.14. The number of aliphatic carboxylic acids is 1. The van der Waals surface area contributed by atoms with E-state index in [0.717, 1.165) is 0 Å². The highest BCUT2D eigenvalue weighted by molar-refractivity contribution is 7.12. The maximum Gasteiger partial charge on any atom is 0.326 e. The number of amides is 1. The lowest BCUT2D eigenvalue weighted by Crippen LogP contribution is -2.39. The molecule has 1 atom stereocenters. The average molecular weight is 248 g/mol. The van der Waals surface area contributed by atoms with E-state index in [2.05, 4.69) is 5.32 Å². The maximum absolute atomic E-state index is 11.5. The van der Waals surface area contributed by atoms with Gasteiger partial charge in [0.05, 0.1) is 9.90 Å². The molecule has 1 aromatic heterocycles. The van der Waals surface area contributed by atoms with Crippen LogP contribution in [0.4, 0.5) is 0 Å². The van der Waals surface area contributed by atoms with Crippen LogP contribution < -0.4 is 5.32 Å². The van der Waals surface area contributed by atoms with E-state index in [0.29, 0.717) is 16.3 Å². The van der Waals surface area contributed by atoms with Crippen molar-refractivity contribution in [1.29, 1.82) is 0 Å². The van der Waals surface area contributed by atoms with Crippen molar-refractivity contribution in [2.45, 2.75) is 19.4 Å². The Bertz CT molecular complexity index is 377. The summed E-state index contributed by atoms with van der Waals surface area (Å²) in [6.45, 7) is 1.69. The van der Waals surface area contributed by atoms with Gasteiger partial charge in [0.25, 0.3) is 5.91 Å². The Hall–Kier alpha value is -1.07. The molecule has 82 valence electrons. The van der Waals surface area contributed by atoms with Crippen LogP contribution in [0.2, 0.25) is 5.02 Å². The molecule has 0 aromatic carbocycles. The third-order valence-electron chi connectivity index (χ3n) is 1.80. The number of rotatable bonds is 4. The number of carbonyl (C=O) groups is 2. The van der Waals surface area contributed by atoms with Gasteiger partial charge in [0.2, 0.25) is 0 Å². The molecule has 1 aromatic rings. The molecule has 1 unspecified atom stereocenters. The zero-order valence-electron chi connectivity index (χ0n) is 7.99. The summed E-state index contributed by atoms with van der Waals surface area (Å²) in [5.74, 6) is -1.44. The first kappa shape index (κ1) is 12.0. The predicted molar refractivity (Wildman–Crippen MR) is 58.5 cm³/mol. The van der Waals surface area contributed by atoms with Crippen LogP contribution in [0, 0.1) is 0 Å². The molecule has 1 amide bonds. The van der Waals surface area contributed by atoms with Crippen molar-refractivity contribution < 1.29 is 14.7 Å². The standard InChI is InChI=1S/C9H10ClNO3S/c1-2-6(9(13)14)11-8(12)7-3-5(10)4-15-7/h3-4,6H,2H2,1H3,(H,11,12)(H,13,14). The van der Waals surface area contributed by atoms with Gasteiger partial charge in [-0.25, -0.2) is 4.79 Å². The molecule has 2 N–H and O–H groups in total. The second-order valence-corrected chi connectivity index (χ2v) is 4.25. The molecule has 0 saturated heterocycles. The molecule has 0 aliphatic rings. The van der Waals surface area contributed by atoms with E-state index in [4.69, 9.17) is 16.7 Å². The normalized spacial score (nSPS) is 12.1. The van der Waals surface area contributed by atoms with E-state index >= 15 is 0 Å². The first-order valence-electron chi connectivity index (χ1n) is 4.32. The SMILES string of the molecule is CCC(NC(=O)c1cc(Cl)cs1)C(=O)O. The molecule has 0 spiro atoms. The Balaban J connectivity index is 2.66. The molecule has 0 radical (unpaired) electrons. The topological polar surface area (TPSA) is 66.4 Å². The summed E-state index contributed by atoms with van der Waals surface area (Å²) in [7, 11) is 0. The van der Waals surface area contributed by atoms with Gasteiger partial charge in [0.15, 0.2) is 0 Å². The molecular formula is C9H10ClNO3S. The monoisotopic (exact) mass is 247 g/mol. The quantitative estimate of drug-likeness (QED) is 0.855. The highest BCUT2D eigenvalue weighted by atomic mass is 35.5. The number of nitrogens with one attached hydrogen (secondary N) is 1. The summed E-state index contributed by atoms with van der Waals surface area (Å²) in [5, 5.41) is 13.2. The zero-order chi connectivity index (χ0) is 11.4. The summed E-state index contributed by atoms with van der Waals surface area (Å²) < 4.78 is 0. The summed E-state index contributed by atoms with van der Waals surface area (Å²) in [5.41, 5.74) is 0. The summed E-state index contributed by atoms with van der Waals surface area (Å²) >= 11 is 6.84. The van der Waals surface area contributed by atoms with Crippen molar-refractivity contribution in [3.05, 3.63) is 21.3 Å². The van der Waals surface area contributed by atoms with Crippen LogP contribution >= 0.6 is 22.9 Å². The molecule has 0 aliphatic carbocycles. The Labute approximate surface area is 95.9 Å². The Morgan fingerprint density at radius 2 is 2.33 bits per heavy atom. The fourth-order valence-electron chi connectivity index (χ4n) is 1.000. The molecule has 15 heavy (non-hydrogen) atoms. The summed E-state index contributed by atoms with van der Waals surface area (Å²) in [4.78, 5) is 22.6. The van der Waals surface area contributed by atoms with Crippen LogP contribution in [0.15, 0.2) is 11.4 Å². The van der Waals surface area contributed by atoms with Gasteiger partial charge in [-0.05, 0) is 12.5 Å². The first-order valence-corrected chi connectivity index (χ1v) is 5.58. The van der Waals surface area contributed by atoms with Gasteiger partial charge in [-0.3, -0.25) is 4.79 Å². The summed E-state index contributed by atoms with van der Waals surface area (Å²) in [6.07, 6.45) is 0.347. The number of carboxylic acid groups (broad SMARTS) is 1. The van der Waals surface area contributed by atoms with Crippen molar-refractivity contribution in [3.63, 3.8) is 0 Å². The van der Waals surface area contributed by atoms with E-state index in [9.17, 15) is 9.59 Å². The van der Waals surface area contributed by atoms with Gasteiger partial charge < -0.3 is 10.4 Å². The minimum Gasteiger partial charge on any atom is -0.480 e. The zero-order valence-corrected chi connectivity index (χ0v) is 9.56. The molecule has 0 saturated carbocycles. The Morgan fingerprint density at radius 3 is 2.73 bits per heavy atom. The minimum atomic E-state index is -1.03. The van der Waals surface area contributed by atoms with Gasteiger partial charge in [-0.2, -0.15) is 0 Å². The van der Waals surface area contributed by atoms with Gasteiger partial charge in [-0.1, -0.05) is 18.5 Å². The maximum atomic E-state index is 11.5. The van der Waals surface area contributed by atoms with Gasteiger partial charge in [-0.15, -0.1) is 11.3 Å². The van der Waals surface area contributed by atoms with Crippen LogP contribution in [0.3, 0.4) is 0 Å². The van der Waals surface area contributed by atoms with Crippen molar-refractivity contribution in [3.8, 4) is 0 Å². The molecule has 1 heterocycles. The average Bonchev–Trinajstić information content (AvgIpc) is 2.60. The molecule has 0 bridgehead atoms. The lowest BCUT2D eigenvalue weighted by molar-refractivity contribution is -0.139. The van der Waals surface area contributed by atoms with E-state index < -0.39 is 17.9 Å². The van der Waals surface area contributed by atoms with E-state index in [1.807, 2.05) is 0 Å². The molecule has 6 heteroatoms. The lowest BCUT2D eigenvalue weighted by Gasteiger charge is -2.10. The van der Waals surface area contributed by atoms with E-state index in [-0.39, 0.29) is 0 Å². The smallest absolute Gasteiger partial charge is 0.326 e. The highest BCUT2D eigenvalue weighted by Crippen LogP contribution is 2.18. The van der Waals surface area contributed by atoms with Crippen molar-refractivity contribution in [2.24, 2.45) is 0 Å². The molecule has 0 fully saturated rings. The van der Waals surface area contributed by atoms with Crippen molar-refractivity contribution in [1.82, 2.24) is 5.32 Å². The third kappa shape index (κ3) is 3.21. The van der Waals surface area contributed by atoms with E-state index in [1.54, 1.807) is 12.3 Å². The molecule has 0 aliphatic heterocycles. The van der Waals surface area contributed by atoms with Gasteiger partial charge >= 0.3 is 5.97 Å². The van der Waals surface area contributed by atoms with Crippen LogP contribution in [0.25, 0.3) is 0 Å². The molecule has 4 nitrogen and oxygen atoms in total. The van der Waals surface area contributed by atoms with Gasteiger partial charge in [0.1, 0.15) is 6.04 Å². The minimum absolute atomic E-state index is 0.347. The van der Waals surface area contributed by atoms with Crippen molar-refractivity contribution in [2.75, 3.05) is 0 Å². The number of carbonyl (C=O) groups excluding carboxylic acids is 1.